The van der Waals surface area contributed by atoms with Crippen molar-refractivity contribution in [1.82, 2.24) is 0 Å². The summed E-state index contributed by atoms with van der Waals surface area (Å²) in [6.07, 6.45) is 3.60. The van der Waals surface area contributed by atoms with Crippen LogP contribution in [0.2, 0.25) is 0 Å². The van der Waals surface area contributed by atoms with Gasteiger partial charge < -0.3 is 0 Å². The molecule has 0 bridgehead atoms. The zero-order valence-corrected chi connectivity index (χ0v) is 8.96. The van der Waals surface area contributed by atoms with Gasteiger partial charge in [0.05, 0.1) is 5.70 Å². The van der Waals surface area contributed by atoms with Gasteiger partial charge in [-0.3, -0.25) is 0 Å². The van der Waals surface area contributed by atoms with E-state index in [4.69, 9.17) is 0 Å². The third-order valence-corrected chi connectivity index (χ3v) is 1.56. The van der Waals surface area contributed by atoms with Crippen LogP contribution >= 0.6 is 0 Å². The fourth-order valence-electron chi connectivity index (χ4n) is 0.791. The van der Waals surface area contributed by atoms with Crippen LogP contribution in [0.25, 0.3) is 0 Å². The Balaban J connectivity index is 4.98. The quantitative estimate of drug-likeness (QED) is 0.352. The maximum atomic E-state index is 4.33. The van der Waals surface area contributed by atoms with Crippen molar-refractivity contribution in [2.45, 2.75) is 27.7 Å². The number of rotatable bonds is 2. The number of allylic oxidation sites excluding steroid dienone is 2. The number of amidine groups is 1. The van der Waals surface area contributed by atoms with E-state index in [1.54, 1.807) is 6.08 Å². The van der Waals surface area contributed by atoms with Crippen molar-refractivity contribution in [3.8, 4) is 0 Å². The maximum Gasteiger partial charge on any atom is 0.133 e. The molecule has 0 unspecified atom stereocenters. The summed E-state index contributed by atoms with van der Waals surface area (Å²) in [6.45, 7) is 15.2. The molecule has 0 N–H and O–H groups in total. The smallest absolute Gasteiger partial charge is 0.133 e. The van der Waals surface area contributed by atoms with Crippen molar-refractivity contribution in [3.63, 3.8) is 0 Å². The Morgan fingerprint density at radius 1 is 1.31 bits per heavy atom. The average molecular weight is 178 g/mol. The Morgan fingerprint density at radius 2 is 1.85 bits per heavy atom. The van der Waals surface area contributed by atoms with Gasteiger partial charge in [-0.15, -0.1) is 0 Å². The van der Waals surface area contributed by atoms with Gasteiger partial charge in [-0.05, 0) is 19.7 Å². The van der Waals surface area contributed by atoms with Crippen LogP contribution in [0.15, 0.2) is 34.4 Å². The lowest BCUT2D eigenvalue weighted by molar-refractivity contribution is 0.585. The highest BCUT2D eigenvalue weighted by molar-refractivity contribution is 5.91. The molecular formula is C11H18N2. The zero-order chi connectivity index (χ0) is 10.5. The van der Waals surface area contributed by atoms with E-state index in [1.807, 2.05) is 13.0 Å². The summed E-state index contributed by atoms with van der Waals surface area (Å²) in [6, 6.07) is 0. The predicted octanol–water partition coefficient (Wildman–Crippen LogP) is 3.22. The number of nitrogens with zero attached hydrogens (tertiary/aromatic N) is 2. The summed E-state index contributed by atoms with van der Waals surface area (Å²) >= 11 is 0. The second-order valence-electron chi connectivity index (χ2n) is 3.76. The van der Waals surface area contributed by atoms with E-state index in [-0.39, 0.29) is 5.41 Å². The molecule has 72 valence electrons. The Hall–Kier alpha value is -1.18. The molecule has 0 aliphatic heterocycles. The van der Waals surface area contributed by atoms with Crippen molar-refractivity contribution in [1.29, 1.82) is 0 Å². The topological polar surface area (TPSA) is 24.7 Å². The van der Waals surface area contributed by atoms with Crippen molar-refractivity contribution in [3.05, 3.63) is 24.4 Å². The van der Waals surface area contributed by atoms with Crippen LogP contribution in [-0.4, -0.2) is 12.6 Å². The maximum absolute atomic E-state index is 4.33. The van der Waals surface area contributed by atoms with Gasteiger partial charge in [-0.1, -0.05) is 33.4 Å². The molecule has 13 heavy (non-hydrogen) atoms. The molecule has 0 aromatic carbocycles. The fourth-order valence-corrected chi connectivity index (χ4v) is 0.791. The lowest BCUT2D eigenvalue weighted by Crippen LogP contribution is -2.17. The first kappa shape index (κ1) is 11.8. The molecule has 0 saturated heterocycles. The molecule has 0 atom stereocenters. The van der Waals surface area contributed by atoms with Crippen molar-refractivity contribution < 1.29 is 0 Å². The van der Waals surface area contributed by atoms with E-state index in [1.165, 1.54) is 0 Å². The van der Waals surface area contributed by atoms with Gasteiger partial charge in [0.1, 0.15) is 5.84 Å². The Morgan fingerprint density at radius 3 is 2.08 bits per heavy atom. The summed E-state index contributed by atoms with van der Waals surface area (Å²) in [4.78, 5) is 8.24. The molecule has 0 rings (SSSR count). The SMILES string of the molecule is C=C/C(=C/C)N=C(N=C)C(C)(C)C. The molecule has 0 aromatic rings. The molecule has 0 fully saturated rings. The molecule has 0 aromatic heterocycles. The first-order valence-corrected chi connectivity index (χ1v) is 4.30. The van der Waals surface area contributed by atoms with Gasteiger partial charge in [0.15, 0.2) is 0 Å². The van der Waals surface area contributed by atoms with Gasteiger partial charge in [-0.25, -0.2) is 9.98 Å². The normalized spacial score (nSPS) is 14.2. The van der Waals surface area contributed by atoms with E-state index < -0.39 is 0 Å². The molecule has 2 heteroatoms. The molecule has 0 amide bonds. The minimum Gasteiger partial charge on any atom is -0.249 e. The molecular weight excluding hydrogens is 160 g/mol. The highest BCUT2D eigenvalue weighted by Crippen LogP contribution is 2.18. The molecule has 0 spiro atoms. The second-order valence-corrected chi connectivity index (χ2v) is 3.76. The molecule has 2 nitrogen and oxygen atoms in total. The third kappa shape index (κ3) is 3.83. The van der Waals surface area contributed by atoms with E-state index >= 15 is 0 Å². The van der Waals surface area contributed by atoms with E-state index in [0.29, 0.717) is 0 Å². The zero-order valence-electron chi connectivity index (χ0n) is 8.96. The minimum absolute atomic E-state index is 0.0704. The highest BCUT2D eigenvalue weighted by atomic mass is 14.9. The predicted molar refractivity (Wildman–Crippen MR) is 60.4 cm³/mol. The van der Waals surface area contributed by atoms with E-state index in [9.17, 15) is 0 Å². The number of hydrogen-bond donors (Lipinski definition) is 0. The van der Waals surface area contributed by atoms with Crippen molar-refractivity contribution in [2.24, 2.45) is 15.4 Å². The van der Waals surface area contributed by atoms with E-state index in [0.717, 1.165) is 11.5 Å². The van der Waals surface area contributed by atoms with Crippen LogP contribution in [-0.2, 0) is 0 Å². The second kappa shape index (κ2) is 4.75. The molecule has 0 saturated carbocycles. The van der Waals surface area contributed by atoms with E-state index in [2.05, 4.69) is 44.1 Å². The summed E-state index contributed by atoms with van der Waals surface area (Å²) in [5.74, 6) is 0.737. The molecule has 0 aliphatic carbocycles. The molecule has 0 aliphatic rings. The summed E-state index contributed by atoms with van der Waals surface area (Å²) in [5.41, 5.74) is 0.760. The number of hydrogen-bond acceptors (Lipinski definition) is 1. The van der Waals surface area contributed by atoms with Gasteiger partial charge in [0.25, 0.3) is 0 Å². The Bertz CT molecular complexity index is 252. The standard InChI is InChI=1S/C11H18N2/c1-7-9(8-2)13-10(12-6)11(3,4)5/h7-8H,1,6H2,2-5H3/b9-8-,13-10?. The van der Waals surface area contributed by atoms with Crippen molar-refractivity contribution >= 4 is 12.6 Å². The summed E-state index contributed by atoms with van der Waals surface area (Å²) in [7, 11) is 0. The Kier molecular flexibility index (Phi) is 4.32. The van der Waals surface area contributed by atoms with Crippen LogP contribution in [0.5, 0.6) is 0 Å². The average Bonchev–Trinajstić information content (AvgIpc) is 2.04. The Labute approximate surface area is 80.8 Å². The lowest BCUT2D eigenvalue weighted by Gasteiger charge is -2.17. The molecule has 0 heterocycles. The van der Waals surface area contributed by atoms with Crippen LogP contribution in [0, 0.1) is 5.41 Å². The largest absolute Gasteiger partial charge is 0.249 e. The first-order chi connectivity index (χ1) is 5.95. The lowest BCUT2D eigenvalue weighted by atomic mass is 9.95. The van der Waals surface area contributed by atoms with Gasteiger partial charge >= 0.3 is 0 Å². The molecule has 0 radical (unpaired) electrons. The van der Waals surface area contributed by atoms with Gasteiger partial charge in [0, 0.05) is 5.41 Å². The van der Waals surface area contributed by atoms with Crippen LogP contribution < -0.4 is 0 Å². The minimum atomic E-state index is -0.0704. The fraction of sp³-hybridized carbons (Fsp3) is 0.455. The summed E-state index contributed by atoms with van der Waals surface area (Å²) in [5, 5.41) is 0. The van der Waals surface area contributed by atoms with Crippen LogP contribution in [0.3, 0.4) is 0 Å². The number of aliphatic imine (C=N–C) groups is 2. The monoisotopic (exact) mass is 178 g/mol. The summed E-state index contributed by atoms with van der Waals surface area (Å²) < 4.78 is 0. The third-order valence-electron chi connectivity index (χ3n) is 1.56. The van der Waals surface area contributed by atoms with Crippen LogP contribution in [0.1, 0.15) is 27.7 Å². The van der Waals surface area contributed by atoms with Gasteiger partial charge in [0.2, 0.25) is 0 Å². The highest BCUT2D eigenvalue weighted by Gasteiger charge is 2.17. The first-order valence-electron chi connectivity index (χ1n) is 4.30. The van der Waals surface area contributed by atoms with Crippen LogP contribution in [0.4, 0.5) is 0 Å². The van der Waals surface area contributed by atoms with Crippen molar-refractivity contribution in [2.75, 3.05) is 0 Å². The van der Waals surface area contributed by atoms with Gasteiger partial charge in [-0.2, -0.15) is 0 Å².